The topological polar surface area (TPSA) is 46.2 Å². The molecule has 4 heteroatoms. The van der Waals surface area contributed by atoms with Gasteiger partial charge in [-0.2, -0.15) is 0 Å². The van der Waals surface area contributed by atoms with Gasteiger partial charge in [-0.05, 0) is 38.5 Å². The van der Waals surface area contributed by atoms with Crippen LogP contribution in [0.25, 0.3) is 0 Å². The van der Waals surface area contributed by atoms with Crippen LogP contribution in [-0.4, -0.2) is 20.2 Å². The van der Waals surface area contributed by atoms with Gasteiger partial charge >= 0.3 is 0 Å². The third-order valence-electron chi connectivity index (χ3n) is 2.26. The van der Waals surface area contributed by atoms with E-state index in [2.05, 4.69) is 11.1 Å². The van der Waals surface area contributed by atoms with Crippen LogP contribution in [0.15, 0.2) is 0 Å². The van der Waals surface area contributed by atoms with Gasteiger partial charge in [0.1, 0.15) is 0 Å². The number of nitrogens with one attached hydrogen (secondary N) is 1. The molecule has 13 heavy (non-hydrogen) atoms. The van der Waals surface area contributed by atoms with Crippen molar-refractivity contribution in [3.8, 4) is 0 Å². The minimum Gasteiger partial charge on any atom is -0.212 e. The van der Waals surface area contributed by atoms with Crippen molar-refractivity contribution in [2.45, 2.75) is 45.1 Å². The SMILES string of the molecule is CCCS(=O)(=O)NC1CC[CH]CC1. The lowest BCUT2D eigenvalue weighted by atomic mass is 9.96. The molecule has 1 aliphatic carbocycles. The monoisotopic (exact) mass is 204 g/mol. The molecular weight excluding hydrogens is 186 g/mol. The van der Waals surface area contributed by atoms with E-state index < -0.39 is 10.0 Å². The largest absolute Gasteiger partial charge is 0.212 e. The van der Waals surface area contributed by atoms with Crippen LogP contribution in [0.1, 0.15) is 39.0 Å². The fraction of sp³-hybridized carbons (Fsp3) is 0.889. The van der Waals surface area contributed by atoms with Gasteiger partial charge in [-0.15, -0.1) is 0 Å². The van der Waals surface area contributed by atoms with E-state index in [4.69, 9.17) is 0 Å². The average Bonchev–Trinajstić information content (AvgIpc) is 2.04. The summed E-state index contributed by atoms with van der Waals surface area (Å²) in [6, 6.07) is 0.182. The Kier molecular flexibility index (Phi) is 4.19. The molecule has 0 unspecified atom stereocenters. The standard InChI is InChI=1S/C9H18NO2S/c1-2-8-13(11,12)10-9-6-4-3-5-7-9/h3,9-10H,2,4-8H2,1H3. The van der Waals surface area contributed by atoms with Crippen LogP contribution in [0.3, 0.4) is 0 Å². The van der Waals surface area contributed by atoms with Crippen molar-refractivity contribution in [2.24, 2.45) is 0 Å². The maximum atomic E-state index is 11.4. The van der Waals surface area contributed by atoms with Crippen LogP contribution in [0, 0.1) is 6.42 Å². The zero-order chi connectivity index (χ0) is 9.73. The highest BCUT2D eigenvalue weighted by atomic mass is 32.2. The normalized spacial score (nSPS) is 20.4. The molecule has 0 heterocycles. The molecule has 0 bridgehead atoms. The van der Waals surface area contributed by atoms with E-state index in [1.807, 2.05) is 6.92 Å². The Morgan fingerprint density at radius 1 is 1.38 bits per heavy atom. The molecule has 1 aliphatic rings. The number of hydrogen-bond acceptors (Lipinski definition) is 2. The van der Waals surface area contributed by atoms with E-state index in [1.165, 1.54) is 0 Å². The molecule has 1 radical (unpaired) electrons. The Balaban J connectivity index is 2.37. The van der Waals surface area contributed by atoms with Crippen molar-refractivity contribution in [3.05, 3.63) is 6.42 Å². The molecule has 1 saturated carbocycles. The molecule has 1 N–H and O–H groups in total. The van der Waals surface area contributed by atoms with Crippen molar-refractivity contribution in [1.82, 2.24) is 4.72 Å². The Hall–Kier alpha value is -0.0900. The molecule has 0 aromatic heterocycles. The molecule has 3 nitrogen and oxygen atoms in total. The van der Waals surface area contributed by atoms with E-state index >= 15 is 0 Å². The van der Waals surface area contributed by atoms with Crippen molar-refractivity contribution < 1.29 is 8.42 Å². The second kappa shape index (κ2) is 4.96. The molecule has 0 spiro atoms. The lowest BCUT2D eigenvalue weighted by Crippen LogP contribution is -2.37. The zero-order valence-electron chi connectivity index (χ0n) is 8.12. The van der Waals surface area contributed by atoms with Crippen LogP contribution in [-0.2, 0) is 10.0 Å². The third-order valence-corrected chi connectivity index (χ3v) is 3.90. The van der Waals surface area contributed by atoms with Gasteiger partial charge in [-0.3, -0.25) is 0 Å². The maximum Gasteiger partial charge on any atom is 0.211 e. The van der Waals surface area contributed by atoms with E-state index in [1.54, 1.807) is 0 Å². The minimum absolute atomic E-state index is 0.182. The summed E-state index contributed by atoms with van der Waals surface area (Å²) in [5, 5.41) is 0. The predicted octanol–water partition coefficient (Wildman–Crippen LogP) is 1.46. The summed E-state index contributed by atoms with van der Waals surface area (Å²) in [6.45, 7) is 1.88. The molecule has 0 saturated heterocycles. The van der Waals surface area contributed by atoms with Crippen LogP contribution in [0.5, 0.6) is 0 Å². The van der Waals surface area contributed by atoms with Crippen LogP contribution in [0.2, 0.25) is 0 Å². The van der Waals surface area contributed by atoms with Crippen LogP contribution >= 0.6 is 0 Å². The summed E-state index contributed by atoms with van der Waals surface area (Å²) in [5.41, 5.74) is 0. The average molecular weight is 204 g/mol. The fourth-order valence-electron chi connectivity index (χ4n) is 1.63. The van der Waals surface area contributed by atoms with Crippen molar-refractivity contribution in [2.75, 3.05) is 5.75 Å². The van der Waals surface area contributed by atoms with Gasteiger partial charge in [0, 0.05) is 6.04 Å². The van der Waals surface area contributed by atoms with Crippen LogP contribution < -0.4 is 4.72 Å². The lowest BCUT2D eigenvalue weighted by molar-refractivity contribution is 0.462. The quantitative estimate of drug-likeness (QED) is 0.753. The van der Waals surface area contributed by atoms with Gasteiger partial charge in [0.25, 0.3) is 0 Å². The molecule has 77 valence electrons. The van der Waals surface area contributed by atoms with E-state index in [0.29, 0.717) is 6.42 Å². The number of hydrogen-bond donors (Lipinski definition) is 1. The summed E-state index contributed by atoms with van der Waals surface area (Å²) in [7, 11) is -3.00. The molecule has 0 aromatic rings. The molecular formula is C9H18NO2S. The number of sulfonamides is 1. The molecule has 1 rings (SSSR count). The lowest BCUT2D eigenvalue weighted by Gasteiger charge is -2.22. The Morgan fingerprint density at radius 3 is 2.54 bits per heavy atom. The highest BCUT2D eigenvalue weighted by molar-refractivity contribution is 7.89. The van der Waals surface area contributed by atoms with Gasteiger partial charge in [-0.25, -0.2) is 13.1 Å². The summed E-state index contributed by atoms with van der Waals surface area (Å²) in [6.07, 6.45) is 6.92. The summed E-state index contributed by atoms with van der Waals surface area (Å²) in [5.74, 6) is 0.257. The third kappa shape index (κ3) is 4.09. The summed E-state index contributed by atoms with van der Waals surface area (Å²) < 4.78 is 25.5. The van der Waals surface area contributed by atoms with E-state index in [0.717, 1.165) is 25.7 Å². The van der Waals surface area contributed by atoms with Crippen LogP contribution in [0.4, 0.5) is 0 Å². The van der Waals surface area contributed by atoms with Gasteiger partial charge in [0.05, 0.1) is 5.75 Å². The Morgan fingerprint density at radius 2 is 2.00 bits per heavy atom. The second-order valence-corrected chi connectivity index (χ2v) is 5.45. The maximum absolute atomic E-state index is 11.4. The smallest absolute Gasteiger partial charge is 0.211 e. The molecule has 0 aromatic carbocycles. The van der Waals surface area contributed by atoms with Crippen molar-refractivity contribution >= 4 is 10.0 Å². The zero-order valence-corrected chi connectivity index (χ0v) is 8.94. The van der Waals surface area contributed by atoms with E-state index in [9.17, 15) is 8.42 Å². The first-order valence-electron chi connectivity index (χ1n) is 4.95. The molecule has 0 amide bonds. The summed E-state index contributed by atoms with van der Waals surface area (Å²) >= 11 is 0. The molecule has 1 fully saturated rings. The highest BCUT2D eigenvalue weighted by Gasteiger charge is 2.18. The van der Waals surface area contributed by atoms with Crippen molar-refractivity contribution in [1.29, 1.82) is 0 Å². The second-order valence-electron chi connectivity index (χ2n) is 3.58. The Labute approximate surface area is 81.0 Å². The van der Waals surface area contributed by atoms with Crippen molar-refractivity contribution in [3.63, 3.8) is 0 Å². The minimum atomic E-state index is -3.00. The first-order chi connectivity index (χ1) is 6.14. The van der Waals surface area contributed by atoms with Gasteiger partial charge < -0.3 is 0 Å². The molecule has 0 atom stereocenters. The predicted molar refractivity (Wildman–Crippen MR) is 53.8 cm³/mol. The molecule has 0 aliphatic heterocycles. The number of rotatable bonds is 4. The highest BCUT2D eigenvalue weighted by Crippen LogP contribution is 2.17. The Bertz CT molecular complexity index is 230. The summed E-state index contributed by atoms with van der Waals surface area (Å²) in [4.78, 5) is 0. The first-order valence-corrected chi connectivity index (χ1v) is 6.61. The fourth-order valence-corrected chi connectivity index (χ4v) is 3.03. The van der Waals surface area contributed by atoms with E-state index in [-0.39, 0.29) is 11.8 Å². The van der Waals surface area contributed by atoms with Gasteiger partial charge in [-0.1, -0.05) is 6.92 Å². The first kappa shape index (κ1) is 11.0. The van der Waals surface area contributed by atoms with Gasteiger partial charge in [0.2, 0.25) is 10.0 Å². The van der Waals surface area contributed by atoms with Gasteiger partial charge in [0.15, 0.2) is 0 Å².